The number of benzene rings is 2. The van der Waals surface area contributed by atoms with E-state index in [-0.39, 0.29) is 24.4 Å². The number of phenols is 1. The van der Waals surface area contributed by atoms with Gasteiger partial charge in [-0.05, 0) is 74.3 Å². The zero-order valence-electron chi connectivity index (χ0n) is 19.2. The van der Waals surface area contributed by atoms with Crippen LogP contribution in [-0.4, -0.2) is 52.7 Å². The first-order valence-corrected chi connectivity index (χ1v) is 11.6. The molecule has 1 amide bonds. The van der Waals surface area contributed by atoms with E-state index >= 15 is 0 Å². The molecular weight excluding hydrogens is 461 g/mol. The first-order chi connectivity index (χ1) is 16.6. The van der Waals surface area contributed by atoms with Crippen LogP contribution in [0.1, 0.15) is 59.7 Å². The molecule has 0 aliphatic carbocycles. The number of phenolic OH excluding ortho intramolecular Hbond substituents is 1. The number of amides is 1. The number of Topliss-reactive ketones (excluding diaryl/α,β-unsaturated/α-hetero) is 1. The summed E-state index contributed by atoms with van der Waals surface area (Å²) in [6, 6.07) is 10.2. The maximum Gasteiger partial charge on any atom is 0.416 e. The van der Waals surface area contributed by atoms with Crippen molar-refractivity contribution in [3.63, 3.8) is 0 Å². The van der Waals surface area contributed by atoms with Crippen LogP contribution in [-0.2, 0) is 11.0 Å². The third kappa shape index (κ3) is 8.00. The molecular formula is C26H29F3N2O4. The number of carbonyl (C=O) groups is 2. The number of rotatable bonds is 10. The fourth-order valence-electron chi connectivity index (χ4n) is 4.04. The van der Waals surface area contributed by atoms with Crippen molar-refractivity contribution in [2.45, 2.75) is 44.4 Å². The van der Waals surface area contributed by atoms with Gasteiger partial charge in [-0.1, -0.05) is 12.1 Å². The molecule has 6 nitrogen and oxygen atoms in total. The van der Waals surface area contributed by atoms with Gasteiger partial charge in [0.25, 0.3) is 0 Å². The highest BCUT2D eigenvalue weighted by Crippen LogP contribution is 2.31. The largest absolute Gasteiger partial charge is 0.508 e. The molecule has 0 radical (unpaired) electrons. The summed E-state index contributed by atoms with van der Waals surface area (Å²) < 4.78 is 38.6. The molecule has 3 rings (SSSR count). The van der Waals surface area contributed by atoms with Gasteiger partial charge in [-0.3, -0.25) is 9.59 Å². The van der Waals surface area contributed by atoms with Crippen LogP contribution in [0.25, 0.3) is 0 Å². The van der Waals surface area contributed by atoms with Gasteiger partial charge in [0, 0.05) is 37.1 Å². The Balaban J connectivity index is 1.59. The SMILES string of the molecule is O=C(CCCC(=O)c1ccc(O)cc1)N=CC(CN1CCCC1)[C@H](O)c1ccc(C(F)(F)F)cc1. The Morgan fingerprint density at radius 3 is 2.23 bits per heavy atom. The molecule has 1 aliphatic rings. The molecule has 2 aromatic rings. The fraction of sp³-hybridized carbons (Fsp3) is 0.423. The minimum atomic E-state index is -4.46. The lowest BCUT2D eigenvalue weighted by Gasteiger charge is -2.25. The number of carbonyl (C=O) groups excluding carboxylic acids is 2. The number of alkyl halides is 3. The lowest BCUT2D eigenvalue weighted by Crippen LogP contribution is -2.31. The average Bonchev–Trinajstić information content (AvgIpc) is 3.34. The van der Waals surface area contributed by atoms with E-state index in [0.29, 0.717) is 24.1 Å². The van der Waals surface area contributed by atoms with E-state index in [1.54, 1.807) is 0 Å². The van der Waals surface area contributed by atoms with Crippen LogP contribution < -0.4 is 0 Å². The monoisotopic (exact) mass is 490 g/mol. The number of ketones is 1. The van der Waals surface area contributed by atoms with E-state index in [1.165, 1.54) is 42.6 Å². The van der Waals surface area contributed by atoms with E-state index in [9.17, 15) is 33.0 Å². The van der Waals surface area contributed by atoms with E-state index in [4.69, 9.17) is 0 Å². The van der Waals surface area contributed by atoms with Crippen molar-refractivity contribution < 1.29 is 33.0 Å². The summed E-state index contributed by atoms with van der Waals surface area (Å²) in [5, 5.41) is 20.2. The highest BCUT2D eigenvalue weighted by atomic mass is 19.4. The van der Waals surface area contributed by atoms with Crippen LogP contribution in [0.4, 0.5) is 13.2 Å². The smallest absolute Gasteiger partial charge is 0.416 e. The number of aliphatic hydroxyl groups excluding tert-OH is 1. The molecule has 0 bridgehead atoms. The number of aliphatic imine (C=N–C) groups is 1. The summed E-state index contributed by atoms with van der Waals surface area (Å²) in [5.74, 6) is -1.10. The number of aliphatic hydroxyl groups is 1. The quantitative estimate of drug-likeness (QED) is 0.369. The summed E-state index contributed by atoms with van der Waals surface area (Å²) in [6.07, 6.45) is -1.66. The van der Waals surface area contributed by atoms with Gasteiger partial charge in [0.15, 0.2) is 5.78 Å². The number of halogens is 3. The predicted octanol–water partition coefficient (Wildman–Crippen LogP) is 4.81. The van der Waals surface area contributed by atoms with Gasteiger partial charge in [0.05, 0.1) is 11.7 Å². The van der Waals surface area contributed by atoms with Crippen LogP contribution in [0.3, 0.4) is 0 Å². The topological polar surface area (TPSA) is 90.2 Å². The number of hydrogen-bond donors (Lipinski definition) is 2. The Kier molecular flexibility index (Phi) is 9.17. The predicted molar refractivity (Wildman–Crippen MR) is 125 cm³/mol. The molecule has 0 saturated carbocycles. The molecule has 9 heteroatoms. The zero-order chi connectivity index (χ0) is 25.4. The second-order valence-corrected chi connectivity index (χ2v) is 8.73. The summed E-state index contributed by atoms with van der Waals surface area (Å²) in [4.78, 5) is 30.6. The summed E-state index contributed by atoms with van der Waals surface area (Å²) >= 11 is 0. The van der Waals surface area contributed by atoms with Crippen molar-refractivity contribution in [2.24, 2.45) is 10.9 Å². The van der Waals surface area contributed by atoms with Crippen LogP contribution in [0, 0.1) is 5.92 Å². The molecule has 35 heavy (non-hydrogen) atoms. The highest BCUT2D eigenvalue weighted by Gasteiger charge is 2.31. The van der Waals surface area contributed by atoms with Crippen LogP contribution in [0.5, 0.6) is 5.75 Å². The number of likely N-dealkylation sites (tertiary alicyclic amines) is 1. The van der Waals surface area contributed by atoms with Gasteiger partial charge in [-0.15, -0.1) is 0 Å². The van der Waals surface area contributed by atoms with Crippen LogP contribution in [0.2, 0.25) is 0 Å². The van der Waals surface area contributed by atoms with Crippen molar-refractivity contribution >= 4 is 17.9 Å². The van der Waals surface area contributed by atoms with Crippen LogP contribution >= 0.6 is 0 Å². The molecule has 188 valence electrons. The van der Waals surface area contributed by atoms with Gasteiger partial charge < -0.3 is 15.1 Å². The number of hydrogen-bond acceptors (Lipinski definition) is 5. The van der Waals surface area contributed by atoms with Gasteiger partial charge in [0.1, 0.15) is 5.75 Å². The summed E-state index contributed by atoms with van der Waals surface area (Å²) in [6.45, 7) is 2.12. The maximum atomic E-state index is 12.9. The van der Waals surface area contributed by atoms with Crippen molar-refractivity contribution in [1.82, 2.24) is 4.90 Å². The van der Waals surface area contributed by atoms with Crippen molar-refractivity contribution in [3.8, 4) is 5.75 Å². The van der Waals surface area contributed by atoms with Gasteiger partial charge in [-0.2, -0.15) is 13.2 Å². The van der Waals surface area contributed by atoms with Gasteiger partial charge >= 0.3 is 6.18 Å². The Hall–Kier alpha value is -3.04. The normalized spacial score (nSPS) is 16.5. The Morgan fingerprint density at radius 2 is 1.63 bits per heavy atom. The van der Waals surface area contributed by atoms with Gasteiger partial charge in [-0.25, -0.2) is 4.99 Å². The molecule has 1 fully saturated rings. The highest BCUT2D eigenvalue weighted by molar-refractivity contribution is 5.96. The standard InChI is InChI=1S/C26H29F3N2O4/c27-26(28,29)21-10-6-19(7-11-21)25(35)20(17-31-14-1-2-15-31)16-30-24(34)5-3-4-23(33)18-8-12-22(32)13-9-18/h6-13,16,20,25,32,35H,1-5,14-15,17H2/t20?,25-/m1/s1. The Bertz CT molecular complexity index is 1010. The summed E-state index contributed by atoms with van der Waals surface area (Å²) in [7, 11) is 0. The Labute approximate surface area is 202 Å². The van der Waals surface area contributed by atoms with Crippen LogP contribution in [0.15, 0.2) is 53.5 Å². The second kappa shape index (κ2) is 12.1. The fourth-order valence-corrected chi connectivity index (χ4v) is 4.04. The first-order valence-electron chi connectivity index (χ1n) is 11.6. The van der Waals surface area contributed by atoms with E-state index in [1.807, 2.05) is 0 Å². The zero-order valence-corrected chi connectivity index (χ0v) is 19.2. The van der Waals surface area contributed by atoms with Crippen molar-refractivity contribution in [1.29, 1.82) is 0 Å². The number of nitrogens with zero attached hydrogens (tertiary/aromatic N) is 2. The summed E-state index contributed by atoms with van der Waals surface area (Å²) in [5.41, 5.74) is -0.0279. The molecule has 1 unspecified atom stereocenters. The first kappa shape index (κ1) is 26.6. The average molecular weight is 491 g/mol. The second-order valence-electron chi connectivity index (χ2n) is 8.73. The molecule has 2 N–H and O–H groups in total. The third-order valence-corrected chi connectivity index (χ3v) is 6.05. The maximum absolute atomic E-state index is 12.9. The van der Waals surface area contributed by atoms with Crippen molar-refractivity contribution in [2.75, 3.05) is 19.6 Å². The van der Waals surface area contributed by atoms with Gasteiger partial charge in [0.2, 0.25) is 5.91 Å². The lowest BCUT2D eigenvalue weighted by molar-refractivity contribution is -0.137. The minimum Gasteiger partial charge on any atom is -0.508 e. The molecule has 1 heterocycles. The molecule has 2 atom stereocenters. The molecule has 2 aromatic carbocycles. The third-order valence-electron chi connectivity index (χ3n) is 6.05. The van der Waals surface area contributed by atoms with E-state index < -0.39 is 29.7 Å². The van der Waals surface area contributed by atoms with E-state index in [0.717, 1.165) is 38.1 Å². The van der Waals surface area contributed by atoms with Crippen molar-refractivity contribution in [3.05, 3.63) is 65.2 Å². The van der Waals surface area contributed by atoms with E-state index in [2.05, 4.69) is 9.89 Å². The molecule has 0 spiro atoms. The number of aromatic hydroxyl groups is 1. The molecule has 0 aromatic heterocycles. The Morgan fingerprint density at radius 1 is 1.00 bits per heavy atom. The molecule has 1 saturated heterocycles. The minimum absolute atomic E-state index is 0.0487. The molecule has 1 aliphatic heterocycles. The lowest BCUT2D eigenvalue weighted by atomic mass is 9.95.